The molecule has 11 N–H and O–H groups in total. The molecule has 0 fully saturated rings. The van der Waals surface area contributed by atoms with Gasteiger partial charge in [0.2, 0.25) is 17.7 Å². The number of carboxylic acids is 1. The number of H-pyrrole nitrogens is 1. The molecule has 0 radical (unpaired) electrons. The van der Waals surface area contributed by atoms with Crippen molar-refractivity contribution in [1.29, 1.82) is 0 Å². The average Bonchev–Trinajstić information content (AvgIpc) is 3.27. The van der Waals surface area contributed by atoms with Crippen LogP contribution in [-0.4, -0.2) is 81.2 Å². The van der Waals surface area contributed by atoms with Gasteiger partial charge in [0.1, 0.15) is 18.1 Å². The Bertz CT molecular complexity index is 829. The van der Waals surface area contributed by atoms with E-state index in [1.807, 2.05) is 0 Å². The number of imidazole rings is 1. The molecule has 0 aliphatic carbocycles. The minimum Gasteiger partial charge on any atom is -0.480 e. The predicted molar refractivity (Wildman–Crippen MR) is 123 cm³/mol. The fraction of sp³-hybridized carbons (Fsp3) is 0.556. The summed E-state index contributed by atoms with van der Waals surface area (Å²) in [5.74, 6) is -3.26. The number of nitrogens with two attached hydrogens (primary N) is 3. The number of aliphatic carboxylic acids is 1. The average molecular weight is 486 g/mol. The Labute approximate surface area is 195 Å². The van der Waals surface area contributed by atoms with E-state index in [2.05, 4.69) is 43.5 Å². The van der Waals surface area contributed by atoms with Crippen molar-refractivity contribution in [2.75, 3.05) is 12.3 Å². The summed E-state index contributed by atoms with van der Waals surface area (Å²) in [5.41, 5.74) is 16.8. The molecule has 4 unspecified atom stereocenters. The van der Waals surface area contributed by atoms with Gasteiger partial charge in [-0.15, -0.1) is 0 Å². The van der Waals surface area contributed by atoms with Gasteiger partial charge in [-0.05, 0) is 19.8 Å². The molecule has 184 valence electrons. The number of aromatic amines is 1. The van der Waals surface area contributed by atoms with Crippen LogP contribution < -0.4 is 33.2 Å². The molecule has 14 nitrogen and oxygen atoms in total. The Hall–Kier alpha value is -3.33. The van der Waals surface area contributed by atoms with Crippen LogP contribution in [0.25, 0.3) is 0 Å². The van der Waals surface area contributed by atoms with E-state index in [4.69, 9.17) is 22.3 Å². The number of amides is 3. The second kappa shape index (κ2) is 13.9. The topological polar surface area (TPSA) is 244 Å². The van der Waals surface area contributed by atoms with Gasteiger partial charge >= 0.3 is 5.97 Å². The first-order chi connectivity index (χ1) is 15.5. The summed E-state index contributed by atoms with van der Waals surface area (Å²) in [6.45, 7) is 1.51. The Morgan fingerprint density at radius 2 is 1.79 bits per heavy atom. The van der Waals surface area contributed by atoms with Crippen LogP contribution in [0, 0.1) is 0 Å². The number of nitrogens with one attached hydrogen (secondary N) is 4. The summed E-state index contributed by atoms with van der Waals surface area (Å²) in [4.78, 5) is 59.5. The fourth-order valence-electron chi connectivity index (χ4n) is 2.61. The molecule has 15 heteroatoms. The zero-order chi connectivity index (χ0) is 25.0. The maximum absolute atomic E-state index is 13.0. The van der Waals surface area contributed by atoms with Gasteiger partial charge in [0, 0.05) is 30.6 Å². The number of aliphatic imine (C=N–C) groups is 1. The van der Waals surface area contributed by atoms with Crippen LogP contribution in [0.1, 0.15) is 25.5 Å². The van der Waals surface area contributed by atoms with E-state index < -0.39 is 47.9 Å². The van der Waals surface area contributed by atoms with Gasteiger partial charge in [-0.3, -0.25) is 24.2 Å². The lowest BCUT2D eigenvalue weighted by Gasteiger charge is -2.24. The lowest BCUT2D eigenvalue weighted by molar-refractivity contribution is -0.141. The predicted octanol–water partition coefficient (Wildman–Crippen LogP) is -3.18. The fourth-order valence-corrected chi connectivity index (χ4v) is 2.77. The third kappa shape index (κ3) is 10.2. The molecule has 4 atom stereocenters. The molecule has 0 aromatic carbocycles. The second-order valence-electron chi connectivity index (χ2n) is 7.21. The van der Waals surface area contributed by atoms with Crippen LogP contribution in [0.5, 0.6) is 0 Å². The van der Waals surface area contributed by atoms with E-state index in [9.17, 15) is 19.2 Å². The number of carbonyl (C=O) groups excluding carboxylic acids is 3. The molecule has 0 spiro atoms. The molecular formula is C18H31N9O5S. The molecule has 0 bridgehead atoms. The zero-order valence-electron chi connectivity index (χ0n) is 18.2. The molecule has 1 aromatic rings. The van der Waals surface area contributed by atoms with Gasteiger partial charge in [-0.25, -0.2) is 4.98 Å². The number of aromatic nitrogens is 2. The molecule has 0 saturated heterocycles. The lowest BCUT2D eigenvalue weighted by Crippen LogP contribution is -2.57. The van der Waals surface area contributed by atoms with Crippen LogP contribution in [0.2, 0.25) is 0 Å². The minimum atomic E-state index is -1.24. The summed E-state index contributed by atoms with van der Waals surface area (Å²) >= 11 is 3.97. The van der Waals surface area contributed by atoms with E-state index in [1.165, 1.54) is 19.4 Å². The molecule has 1 aromatic heterocycles. The number of carbonyl (C=O) groups is 4. The summed E-state index contributed by atoms with van der Waals surface area (Å²) in [6.07, 6.45) is 3.37. The van der Waals surface area contributed by atoms with Crippen LogP contribution >= 0.6 is 12.6 Å². The third-order valence-electron chi connectivity index (χ3n) is 4.45. The van der Waals surface area contributed by atoms with Gasteiger partial charge in [0.25, 0.3) is 0 Å². The van der Waals surface area contributed by atoms with E-state index >= 15 is 0 Å². The number of guanidine groups is 1. The largest absolute Gasteiger partial charge is 0.480 e. The SMILES string of the molecule is CC(NC(=O)C(Cc1cnc[nH]1)NC(=O)C(CCCN=C(N)N)NC(=O)C(N)CS)C(=O)O. The van der Waals surface area contributed by atoms with Gasteiger partial charge in [0.05, 0.1) is 12.4 Å². The first kappa shape index (κ1) is 27.7. The minimum absolute atomic E-state index is 0.00866. The summed E-state index contributed by atoms with van der Waals surface area (Å²) in [6, 6.07) is -4.31. The molecule has 0 aliphatic rings. The standard InChI is InChI=1S/C18H31N9O5S/c1-9(17(31)32)25-16(30)13(5-10-6-22-8-24-10)27-15(29)12(3-2-4-23-18(20)21)26-14(28)11(19)7-33/h6,8-9,11-13,33H,2-5,7,19H2,1H3,(H,22,24)(H,25,30)(H,26,28)(H,27,29)(H,31,32)(H4,20,21,23). The molecular weight excluding hydrogens is 454 g/mol. The molecule has 0 saturated carbocycles. The Balaban J connectivity index is 2.99. The number of nitrogens with zero attached hydrogens (tertiary/aromatic N) is 2. The first-order valence-electron chi connectivity index (χ1n) is 10.1. The smallest absolute Gasteiger partial charge is 0.325 e. The van der Waals surface area contributed by atoms with Crippen LogP contribution in [-0.2, 0) is 25.6 Å². The molecule has 1 rings (SSSR count). The number of thiol groups is 1. The number of rotatable bonds is 14. The van der Waals surface area contributed by atoms with Gasteiger partial charge in [0.15, 0.2) is 5.96 Å². The van der Waals surface area contributed by atoms with Gasteiger partial charge in [-0.1, -0.05) is 0 Å². The Morgan fingerprint density at radius 1 is 1.15 bits per heavy atom. The van der Waals surface area contributed by atoms with E-state index in [0.29, 0.717) is 12.1 Å². The first-order valence-corrected chi connectivity index (χ1v) is 10.7. The quantitative estimate of drug-likeness (QED) is 0.0557. The second-order valence-corrected chi connectivity index (χ2v) is 7.57. The maximum Gasteiger partial charge on any atom is 0.325 e. The van der Waals surface area contributed by atoms with Crippen molar-refractivity contribution in [2.45, 2.75) is 50.4 Å². The third-order valence-corrected chi connectivity index (χ3v) is 4.85. The number of hydrogen-bond donors (Lipinski definition) is 9. The van der Waals surface area contributed by atoms with Crippen molar-refractivity contribution in [1.82, 2.24) is 25.9 Å². The highest BCUT2D eigenvalue weighted by Crippen LogP contribution is 2.04. The van der Waals surface area contributed by atoms with Crippen LogP contribution in [0.15, 0.2) is 17.5 Å². The molecule has 33 heavy (non-hydrogen) atoms. The number of carboxylic acid groups (broad SMARTS) is 1. The Kier molecular flexibility index (Phi) is 11.7. The van der Waals surface area contributed by atoms with Crippen molar-refractivity contribution in [2.24, 2.45) is 22.2 Å². The van der Waals surface area contributed by atoms with Crippen LogP contribution in [0.3, 0.4) is 0 Å². The summed E-state index contributed by atoms with van der Waals surface area (Å²) < 4.78 is 0. The van der Waals surface area contributed by atoms with Crippen molar-refractivity contribution >= 4 is 42.3 Å². The van der Waals surface area contributed by atoms with Crippen molar-refractivity contribution in [3.63, 3.8) is 0 Å². The molecule has 1 heterocycles. The highest BCUT2D eigenvalue weighted by Gasteiger charge is 2.29. The number of hydrogen-bond acceptors (Lipinski definition) is 8. The van der Waals surface area contributed by atoms with Crippen molar-refractivity contribution < 1.29 is 24.3 Å². The molecule has 0 aliphatic heterocycles. The zero-order valence-corrected chi connectivity index (χ0v) is 19.0. The molecule has 3 amide bonds. The van der Waals surface area contributed by atoms with Crippen LogP contribution in [0.4, 0.5) is 0 Å². The van der Waals surface area contributed by atoms with E-state index in [0.717, 1.165) is 0 Å². The highest BCUT2D eigenvalue weighted by molar-refractivity contribution is 7.80. The summed E-state index contributed by atoms with van der Waals surface area (Å²) in [5, 5.41) is 16.5. The normalized spacial score (nSPS) is 14.3. The summed E-state index contributed by atoms with van der Waals surface area (Å²) in [7, 11) is 0. The Morgan fingerprint density at radius 3 is 2.33 bits per heavy atom. The lowest BCUT2D eigenvalue weighted by atomic mass is 10.1. The highest BCUT2D eigenvalue weighted by atomic mass is 32.1. The monoisotopic (exact) mass is 485 g/mol. The van der Waals surface area contributed by atoms with Crippen molar-refractivity contribution in [3.05, 3.63) is 18.2 Å². The maximum atomic E-state index is 13.0. The van der Waals surface area contributed by atoms with Crippen molar-refractivity contribution in [3.8, 4) is 0 Å². The van der Waals surface area contributed by atoms with Gasteiger partial charge in [-0.2, -0.15) is 12.6 Å². The van der Waals surface area contributed by atoms with E-state index in [1.54, 1.807) is 0 Å². The van der Waals surface area contributed by atoms with E-state index in [-0.39, 0.29) is 31.1 Å². The van der Waals surface area contributed by atoms with Gasteiger partial charge < -0.3 is 43.2 Å².